The van der Waals surface area contributed by atoms with Crippen molar-refractivity contribution in [2.24, 2.45) is 0 Å². The Hall–Kier alpha value is -1.46. The van der Waals surface area contributed by atoms with Crippen LogP contribution in [0.3, 0.4) is 0 Å². The van der Waals surface area contributed by atoms with Gasteiger partial charge in [-0.1, -0.05) is 11.6 Å². The zero-order valence-corrected chi connectivity index (χ0v) is 11.6. The maximum Gasteiger partial charge on any atom is 0.322 e. The van der Waals surface area contributed by atoms with Crippen molar-refractivity contribution in [2.75, 3.05) is 20.3 Å². The molecule has 19 heavy (non-hydrogen) atoms. The second kappa shape index (κ2) is 6.12. The smallest absolute Gasteiger partial charge is 0.322 e. The third kappa shape index (κ3) is 3.30. The lowest BCUT2D eigenvalue weighted by molar-refractivity contribution is -0.142. The summed E-state index contributed by atoms with van der Waals surface area (Å²) in [6, 6.07) is 3.28. The van der Waals surface area contributed by atoms with Crippen LogP contribution in [-0.4, -0.2) is 32.3 Å². The summed E-state index contributed by atoms with van der Waals surface area (Å²) < 4.78 is 15.6. The SMILES string of the molecule is COC(=O)C(C)NCc1cc(Cl)c2c(c1)OCCO2. The van der Waals surface area contributed by atoms with E-state index in [1.165, 1.54) is 7.11 Å². The molecule has 0 bridgehead atoms. The molecular weight excluding hydrogens is 270 g/mol. The first kappa shape index (κ1) is 14.0. The van der Waals surface area contributed by atoms with E-state index in [2.05, 4.69) is 10.1 Å². The molecule has 2 rings (SSSR count). The molecule has 0 amide bonds. The summed E-state index contributed by atoms with van der Waals surface area (Å²) >= 11 is 6.13. The fourth-order valence-corrected chi connectivity index (χ4v) is 2.09. The van der Waals surface area contributed by atoms with Crippen molar-refractivity contribution in [1.29, 1.82) is 0 Å². The molecule has 0 aromatic heterocycles. The highest BCUT2D eigenvalue weighted by molar-refractivity contribution is 6.32. The van der Waals surface area contributed by atoms with Crippen molar-refractivity contribution in [2.45, 2.75) is 19.5 Å². The summed E-state index contributed by atoms with van der Waals surface area (Å²) in [5, 5.41) is 3.57. The molecular formula is C13H16ClNO4. The number of hydrogen-bond donors (Lipinski definition) is 1. The summed E-state index contributed by atoms with van der Waals surface area (Å²) in [5.41, 5.74) is 0.921. The Bertz CT molecular complexity index is 478. The zero-order valence-electron chi connectivity index (χ0n) is 10.9. The predicted molar refractivity (Wildman–Crippen MR) is 70.8 cm³/mol. The number of fused-ring (bicyclic) bond motifs is 1. The van der Waals surface area contributed by atoms with Gasteiger partial charge < -0.3 is 19.5 Å². The highest BCUT2D eigenvalue weighted by atomic mass is 35.5. The first-order valence-corrected chi connectivity index (χ1v) is 6.39. The van der Waals surface area contributed by atoms with Gasteiger partial charge >= 0.3 is 5.97 Å². The van der Waals surface area contributed by atoms with Crippen LogP contribution < -0.4 is 14.8 Å². The number of hydrogen-bond acceptors (Lipinski definition) is 5. The van der Waals surface area contributed by atoms with Gasteiger partial charge in [-0.3, -0.25) is 4.79 Å². The van der Waals surface area contributed by atoms with Crippen molar-refractivity contribution in [3.63, 3.8) is 0 Å². The second-order valence-corrected chi connectivity index (χ2v) is 4.63. The topological polar surface area (TPSA) is 56.8 Å². The van der Waals surface area contributed by atoms with Crippen LogP contribution >= 0.6 is 11.6 Å². The molecule has 0 fully saturated rings. The third-order valence-corrected chi connectivity index (χ3v) is 3.10. The number of carbonyl (C=O) groups is 1. The molecule has 1 aliphatic rings. The molecule has 104 valence electrons. The Morgan fingerprint density at radius 2 is 2.21 bits per heavy atom. The molecule has 1 N–H and O–H groups in total. The number of carbonyl (C=O) groups excluding carboxylic acids is 1. The summed E-state index contributed by atoms with van der Waals surface area (Å²) in [7, 11) is 1.36. The second-order valence-electron chi connectivity index (χ2n) is 4.23. The number of esters is 1. The van der Waals surface area contributed by atoms with Gasteiger partial charge in [0.05, 0.1) is 12.1 Å². The van der Waals surface area contributed by atoms with Gasteiger partial charge in [-0.05, 0) is 24.6 Å². The van der Waals surface area contributed by atoms with E-state index in [1.54, 1.807) is 13.0 Å². The first-order valence-electron chi connectivity index (χ1n) is 6.01. The van der Waals surface area contributed by atoms with Crippen molar-refractivity contribution in [1.82, 2.24) is 5.32 Å². The van der Waals surface area contributed by atoms with Gasteiger partial charge in [0, 0.05) is 6.54 Å². The Morgan fingerprint density at radius 3 is 2.95 bits per heavy atom. The molecule has 1 unspecified atom stereocenters. The largest absolute Gasteiger partial charge is 0.486 e. The summed E-state index contributed by atoms with van der Waals surface area (Å²) in [4.78, 5) is 11.3. The van der Waals surface area contributed by atoms with E-state index in [-0.39, 0.29) is 12.0 Å². The lowest BCUT2D eigenvalue weighted by atomic mass is 10.2. The average molecular weight is 286 g/mol. The molecule has 0 radical (unpaired) electrons. The van der Waals surface area contributed by atoms with E-state index >= 15 is 0 Å². The van der Waals surface area contributed by atoms with Gasteiger partial charge in [0.1, 0.15) is 19.3 Å². The number of rotatable bonds is 4. The first-order chi connectivity index (χ1) is 9.11. The predicted octanol–water partition coefficient (Wildman–Crippen LogP) is 1.76. The molecule has 0 aliphatic carbocycles. The Kier molecular flexibility index (Phi) is 4.50. The quantitative estimate of drug-likeness (QED) is 0.855. The van der Waals surface area contributed by atoms with Crippen LogP contribution in [-0.2, 0) is 16.1 Å². The minimum absolute atomic E-state index is 0.302. The van der Waals surface area contributed by atoms with Gasteiger partial charge in [0.2, 0.25) is 0 Å². The molecule has 1 aromatic rings. The Morgan fingerprint density at radius 1 is 1.47 bits per heavy atom. The molecule has 1 heterocycles. The van der Waals surface area contributed by atoms with Crippen molar-refractivity contribution < 1.29 is 19.0 Å². The Balaban J connectivity index is 2.05. The van der Waals surface area contributed by atoms with Crippen LogP contribution in [0.2, 0.25) is 5.02 Å². The molecule has 0 spiro atoms. The van der Waals surface area contributed by atoms with E-state index in [0.29, 0.717) is 36.3 Å². The van der Waals surface area contributed by atoms with Gasteiger partial charge in [0.25, 0.3) is 0 Å². The molecule has 5 nitrogen and oxygen atoms in total. The van der Waals surface area contributed by atoms with Crippen LogP contribution in [0.15, 0.2) is 12.1 Å². The monoisotopic (exact) mass is 285 g/mol. The lowest BCUT2D eigenvalue weighted by Gasteiger charge is -2.20. The van der Waals surface area contributed by atoms with Crippen molar-refractivity contribution in [3.05, 3.63) is 22.7 Å². The van der Waals surface area contributed by atoms with Gasteiger partial charge in [-0.25, -0.2) is 0 Å². The van der Waals surface area contributed by atoms with Crippen molar-refractivity contribution in [3.8, 4) is 11.5 Å². The molecule has 6 heteroatoms. The van der Waals surface area contributed by atoms with Crippen LogP contribution in [0.1, 0.15) is 12.5 Å². The molecule has 1 atom stereocenters. The summed E-state index contributed by atoms with van der Waals surface area (Å²) in [6.07, 6.45) is 0. The number of methoxy groups -OCH3 is 1. The van der Waals surface area contributed by atoms with Crippen molar-refractivity contribution >= 4 is 17.6 Å². The van der Waals surface area contributed by atoms with E-state index in [1.807, 2.05) is 6.07 Å². The maximum atomic E-state index is 11.3. The van der Waals surface area contributed by atoms with Gasteiger partial charge in [0.15, 0.2) is 11.5 Å². The highest BCUT2D eigenvalue weighted by Gasteiger charge is 2.17. The third-order valence-electron chi connectivity index (χ3n) is 2.82. The molecule has 1 aliphatic heterocycles. The van der Waals surface area contributed by atoms with Gasteiger partial charge in [-0.15, -0.1) is 0 Å². The van der Waals surface area contributed by atoms with E-state index in [9.17, 15) is 4.79 Å². The van der Waals surface area contributed by atoms with E-state index in [0.717, 1.165) is 5.56 Å². The fraction of sp³-hybridized carbons (Fsp3) is 0.462. The van der Waals surface area contributed by atoms with Crippen LogP contribution in [0, 0.1) is 0 Å². The summed E-state index contributed by atoms with van der Waals surface area (Å²) in [6.45, 7) is 3.25. The number of ether oxygens (including phenoxy) is 3. The minimum atomic E-state index is -0.378. The zero-order chi connectivity index (χ0) is 13.8. The van der Waals surface area contributed by atoms with Crippen LogP contribution in [0.4, 0.5) is 0 Å². The lowest BCUT2D eigenvalue weighted by Crippen LogP contribution is -2.34. The standard InChI is InChI=1S/C13H16ClNO4/c1-8(13(16)17-2)15-7-9-5-10(14)12-11(6-9)18-3-4-19-12/h5-6,8,15H,3-4,7H2,1-2H3. The van der Waals surface area contributed by atoms with Gasteiger partial charge in [-0.2, -0.15) is 0 Å². The van der Waals surface area contributed by atoms with Crippen LogP contribution in [0.5, 0.6) is 11.5 Å². The highest BCUT2D eigenvalue weighted by Crippen LogP contribution is 2.38. The average Bonchev–Trinajstić information content (AvgIpc) is 2.44. The molecule has 0 saturated heterocycles. The fourth-order valence-electron chi connectivity index (χ4n) is 1.80. The van der Waals surface area contributed by atoms with Crippen LogP contribution in [0.25, 0.3) is 0 Å². The minimum Gasteiger partial charge on any atom is -0.486 e. The maximum absolute atomic E-state index is 11.3. The number of halogens is 1. The number of benzene rings is 1. The van der Waals surface area contributed by atoms with E-state index < -0.39 is 0 Å². The molecule has 0 saturated carbocycles. The van der Waals surface area contributed by atoms with E-state index in [4.69, 9.17) is 21.1 Å². The number of nitrogens with one attached hydrogen (secondary N) is 1. The molecule has 1 aromatic carbocycles. The normalized spacial score (nSPS) is 14.9. The summed E-state index contributed by atoms with van der Waals surface area (Å²) in [5.74, 6) is 0.919. The Labute approximate surface area is 116 Å².